The number of hydrogen-bond donors (Lipinski definition) is 2. The van der Waals surface area contributed by atoms with Crippen LogP contribution in [-0.2, 0) is 10.3 Å². The van der Waals surface area contributed by atoms with Crippen molar-refractivity contribution in [2.45, 2.75) is 18.9 Å². The van der Waals surface area contributed by atoms with Gasteiger partial charge in [0.15, 0.2) is 0 Å². The van der Waals surface area contributed by atoms with Crippen LogP contribution in [0, 0.1) is 0 Å². The first-order valence-electron chi connectivity index (χ1n) is 7.83. The fourth-order valence-electron chi connectivity index (χ4n) is 2.83. The summed E-state index contributed by atoms with van der Waals surface area (Å²) in [4.78, 5) is 25.3. The van der Waals surface area contributed by atoms with Gasteiger partial charge in [-0.3, -0.25) is 4.79 Å². The Morgan fingerprint density at radius 1 is 1.23 bits per heavy atom. The predicted molar refractivity (Wildman–Crippen MR) is 99.5 cm³/mol. The van der Waals surface area contributed by atoms with Gasteiger partial charge in [-0.15, -0.1) is 5.01 Å². The molecule has 0 saturated carbocycles. The molecule has 0 radical (unpaired) electrons. The number of phenolic OH excluding ortho intramolecular Hbond substituents is 1. The van der Waals surface area contributed by atoms with Crippen LogP contribution in [0.1, 0.15) is 24.5 Å². The monoisotopic (exact) mass is 391 g/mol. The van der Waals surface area contributed by atoms with Gasteiger partial charge in [0, 0.05) is 10.6 Å². The van der Waals surface area contributed by atoms with Gasteiger partial charge in [0.2, 0.25) is 0 Å². The number of imide groups is 1. The molecule has 1 heterocycles. The molecule has 3 rings (SSSR count). The number of carbonyl (C=O) groups excluding carboxylic acids is 2. The van der Waals surface area contributed by atoms with Gasteiger partial charge in [-0.2, -0.15) is 5.10 Å². The van der Waals surface area contributed by atoms with E-state index in [1.165, 1.54) is 18.3 Å². The molecule has 26 heavy (non-hydrogen) atoms. The average molecular weight is 392 g/mol. The Morgan fingerprint density at radius 3 is 2.58 bits per heavy atom. The van der Waals surface area contributed by atoms with Crippen molar-refractivity contribution < 1.29 is 14.7 Å². The molecule has 1 fully saturated rings. The van der Waals surface area contributed by atoms with Gasteiger partial charge in [-0.1, -0.05) is 60.5 Å². The summed E-state index contributed by atoms with van der Waals surface area (Å²) in [7, 11) is 0. The van der Waals surface area contributed by atoms with Crippen molar-refractivity contribution >= 4 is 41.4 Å². The number of rotatable bonds is 4. The number of benzene rings is 2. The number of halogens is 2. The van der Waals surface area contributed by atoms with Gasteiger partial charge in [0.1, 0.15) is 11.3 Å². The molecular weight excluding hydrogens is 377 g/mol. The summed E-state index contributed by atoms with van der Waals surface area (Å²) in [5, 5.41) is 17.7. The van der Waals surface area contributed by atoms with E-state index in [0.717, 1.165) is 5.01 Å². The van der Waals surface area contributed by atoms with Crippen LogP contribution in [0.25, 0.3) is 0 Å². The largest absolute Gasteiger partial charge is 0.506 e. The van der Waals surface area contributed by atoms with E-state index in [1.54, 1.807) is 31.2 Å². The van der Waals surface area contributed by atoms with Crippen LogP contribution in [0.3, 0.4) is 0 Å². The molecule has 1 saturated heterocycles. The van der Waals surface area contributed by atoms with Crippen LogP contribution in [0.5, 0.6) is 5.75 Å². The molecule has 0 bridgehead atoms. The highest BCUT2D eigenvalue weighted by Crippen LogP contribution is 2.33. The van der Waals surface area contributed by atoms with Gasteiger partial charge in [0.05, 0.1) is 11.2 Å². The van der Waals surface area contributed by atoms with E-state index in [2.05, 4.69) is 10.4 Å². The number of amides is 3. The Kier molecular flexibility index (Phi) is 4.89. The first kappa shape index (κ1) is 18.2. The third-order valence-electron chi connectivity index (χ3n) is 4.24. The maximum absolute atomic E-state index is 12.9. The van der Waals surface area contributed by atoms with Crippen molar-refractivity contribution in [2.24, 2.45) is 5.10 Å². The van der Waals surface area contributed by atoms with Crippen LogP contribution < -0.4 is 5.32 Å². The summed E-state index contributed by atoms with van der Waals surface area (Å²) in [5.74, 6) is -0.739. The van der Waals surface area contributed by atoms with Crippen molar-refractivity contribution in [2.75, 3.05) is 0 Å². The lowest BCUT2D eigenvalue weighted by atomic mass is 9.87. The van der Waals surface area contributed by atoms with E-state index in [-0.39, 0.29) is 16.3 Å². The van der Waals surface area contributed by atoms with Gasteiger partial charge in [0.25, 0.3) is 5.91 Å². The second-order valence-electron chi connectivity index (χ2n) is 5.74. The minimum atomic E-state index is -1.18. The zero-order valence-electron chi connectivity index (χ0n) is 13.7. The Labute approximate surface area is 160 Å². The second-order valence-corrected chi connectivity index (χ2v) is 6.59. The zero-order chi connectivity index (χ0) is 18.9. The number of urea groups is 1. The number of hydrazone groups is 1. The Balaban J connectivity index is 1.95. The lowest BCUT2D eigenvalue weighted by Gasteiger charge is -2.24. The molecule has 0 aliphatic carbocycles. The van der Waals surface area contributed by atoms with Crippen molar-refractivity contribution in [3.05, 3.63) is 63.6 Å². The van der Waals surface area contributed by atoms with Gasteiger partial charge < -0.3 is 10.4 Å². The molecule has 134 valence electrons. The van der Waals surface area contributed by atoms with Crippen molar-refractivity contribution in [1.29, 1.82) is 0 Å². The lowest BCUT2D eigenvalue weighted by Crippen LogP contribution is -2.43. The highest BCUT2D eigenvalue weighted by Gasteiger charge is 2.51. The second kappa shape index (κ2) is 6.97. The number of aromatic hydroxyl groups is 1. The summed E-state index contributed by atoms with van der Waals surface area (Å²) in [6.45, 7) is 1.81. The highest BCUT2D eigenvalue weighted by molar-refractivity contribution is 6.36. The van der Waals surface area contributed by atoms with Crippen LogP contribution in [0.4, 0.5) is 4.79 Å². The maximum Gasteiger partial charge on any atom is 0.346 e. The third-order valence-corrected chi connectivity index (χ3v) is 4.74. The normalized spacial score (nSPS) is 20.0. The van der Waals surface area contributed by atoms with E-state index in [0.29, 0.717) is 17.0 Å². The summed E-state index contributed by atoms with van der Waals surface area (Å²) in [6, 6.07) is 11.1. The molecule has 2 N–H and O–H groups in total. The van der Waals surface area contributed by atoms with E-state index >= 15 is 0 Å². The van der Waals surface area contributed by atoms with Gasteiger partial charge >= 0.3 is 6.03 Å². The molecule has 1 aliphatic rings. The summed E-state index contributed by atoms with van der Waals surface area (Å²) >= 11 is 11.8. The average Bonchev–Trinajstić information content (AvgIpc) is 2.88. The maximum atomic E-state index is 12.9. The predicted octanol–water partition coefficient (Wildman–Crippen LogP) is 3.89. The smallest absolute Gasteiger partial charge is 0.346 e. The van der Waals surface area contributed by atoms with E-state index in [9.17, 15) is 14.7 Å². The standard InChI is InChI=1S/C18H15Cl2N3O3/c1-2-18(12-6-4-3-5-7-12)16(25)23(17(26)22-18)21-10-11-8-13(19)9-14(20)15(11)24/h3-10,24H,2H2,1H3,(H,22,26)/b21-10+/t18-/m1/s1. The summed E-state index contributed by atoms with van der Waals surface area (Å²) in [6.07, 6.45) is 1.53. The fraction of sp³-hybridized carbons (Fsp3) is 0.167. The molecule has 2 aromatic rings. The molecule has 6 nitrogen and oxygen atoms in total. The van der Waals surface area contributed by atoms with Crippen LogP contribution in [-0.4, -0.2) is 28.3 Å². The third kappa shape index (κ3) is 3.02. The Hall–Kier alpha value is -2.57. The molecule has 8 heteroatoms. The zero-order valence-corrected chi connectivity index (χ0v) is 15.3. The quantitative estimate of drug-likeness (QED) is 0.612. The lowest BCUT2D eigenvalue weighted by molar-refractivity contribution is -0.131. The van der Waals surface area contributed by atoms with Crippen molar-refractivity contribution in [3.63, 3.8) is 0 Å². The molecular formula is C18H15Cl2N3O3. The number of phenols is 1. The van der Waals surface area contributed by atoms with Crippen LogP contribution in [0.2, 0.25) is 10.0 Å². The number of nitrogens with zero attached hydrogens (tertiary/aromatic N) is 2. The van der Waals surface area contributed by atoms with Crippen molar-refractivity contribution in [1.82, 2.24) is 10.3 Å². The minimum Gasteiger partial charge on any atom is -0.506 e. The SMILES string of the molecule is CC[C@]1(c2ccccc2)NC(=O)N(/N=C/c2cc(Cl)cc(Cl)c2O)C1=O. The van der Waals surface area contributed by atoms with E-state index in [1.807, 2.05) is 6.07 Å². The van der Waals surface area contributed by atoms with E-state index < -0.39 is 17.5 Å². The first-order valence-corrected chi connectivity index (χ1v) is 8.59. The van der Waals surface area contributed by atoms with Crippen molar-refractivity contribution in [3.8, 4) is 5.75 Å². The molecule has 0 aromatic heterocycles. The summed E-state index contributed by atoms with van der Waals surface area (Å²) in [5.41, 5.74) is -0.312. The topological polar surface area (TPSA) is 82.0 Å². The molecule has 1 aliphatic heterocycles. The minimum absolute atomic E-state index is 0.0448. The molecule has 1 atom stereocenters. The molecule has 0 spiro atoms. The van der Waals surface area contributed by atoms with E-state index in [4.69, 9.17) is 23.2 Å². The molecule has 0 unspecified atom stereocenters. The van der Waals surface area contributed by atoms with Crippen LogP contribution in [0.15, 0.2) is 47.6 Å². The van der Waals surface area contributed by atoms with Gasteiger partial charge in [-0.05, 0) is 24.1 Å². The highest BCUT2D eigenvalue weighted by atomic mass is 35.5. The number of hydrogen-bond acceptors (Lipinski definition) is 4. The van der Waals surface area contributed by atoms with Crippen LogP contribution >= 0.6 is 23.2 Å². The molecule has 2 aromatic carbocycles. The van der Waals surface area contributed by atoms with Gasteiger partial charge in [-0.25, -0.2) is 4.79 Å². The Morgan fingerprint density at radius 2 is 1.92 bits per heavy atom. The number of carbonyl (C=O) groups is 2. The first-order chi connectivity index (χ1) is 12.4. The Bertz CT molecular complexity index is 902. The number of nitrogens with one attached hydrogen (secondary N) is 1. The molecule has 3 amide bonds. The fourth-order valence-corrected chi connectivity index (χ4v) is 3.34. The summed E-state index contributed by atoms with van der Waals surface area (Å²) < 4.78 is 0.